The monoisotopic (exact) mass is 190 g/mol. The van der Waals surface area contributed by atoms with E-state index in [9.17, 15) is 4.79 Å². The Bertz CT molecular complexity index is 193. The van der Waals surface area contributed by atoms with Crippen LogP contribution in [0.1, 0.15) is 12.8 Å². The summed E-state index contributed by atoms with van der Waals surface area (Å²) in [6, 6.07) is 0. The van der Waals surface area contributed by atoms with Crippen molar-refractivity contribution in [2.75, 3.05) is 0 Å². The highest BCUT2D eigenvalue weighted by Crippen LogP contribution is 2.51. The van der Waals surface area contributed by atoms with Gasteiger partial charge in [0.2, 0.25) is 0 Å². The number of thiol groups is 1. The summed E-state index contributed by atoms with van der Waals surface area (Å²) in [6.45, 7) is 0. The fourth-order valence-electron chi connectivity index (χ4n) is 1.89. The molecule has 11 heavy (non-hydrogen) atoms. The topological polar surface area (TPSA) is 37.3 Å². The van der Waals surface area contributed by atoms with Gasteiger partial charge in [-0.05, 0) is 12.8 Å². The van der Waals surface area contributed by atoms with E-state index in [0.29, 0.717) is 15.7 Å². The van der Waals surface area contributed by atoms with E-state index in [0.717, 1.165) is 12.8 Å². The van der Waals surface area contributed by atoms with Gasteiger partial charge in [0.05, 0.1) is 5.92 Å². The van der Waals surface area contributed by atoms with Crippen LogP contribution in [0.25, 0.3) is 0 Å². The van der Waals surface area contributed by atoms with Crippen molar-refractivity contribution < 1.29 is 9.90 Å². The molecule has 2 aliphatic heterocycles. The third-order valence-corrected chi connectivity index (χ3v) is 5.02. The zero-order valence-corrected chi connectivity index (χ0v) is 7.65. The Morgan fingerprint density at radius 2 is 2.18 bits per heavy atom. The van der Waals surface area contributed by atoms with E-state index in [-0.39, 0.29) is 5.92 Å². The molecule has 62 valence electrons. The summed E-state index contributed by atoms with van der Waals surface area (Å²) in [7, 11) is 0. The van der Waals surface area contributed by atoms with Gasteiger partial charge in [0.15, 0.2) is 0 Å². The molecule has 2 rings (SSSR count). The Morgan fingerprint density at radius 1 is 1.45 bits per heavy atom. The second-order valence-electron chi connectivity index (χ2n) is 3.20. The molecule has 4 heteroatoms. The lowest BCUT2D eigenvalue weighted by atomic mass is 9.89. The van der Waals surface area contributed by atoms with Gasteiger partial charge in [-0.2, -0.15) is 24.4 Å². The first-order valence-corrected chi connectivity index (χ1v) is 5.20. The number of carbonyl (C=O) groups is 1. The second kappa shape index (κ2) is 2.59. The molecular formula is C7H10O2S2. The normalized spacial score (nSPS) is 48.1. The van der Waals surface area contributed by atoms with Crippen LogP contribution in [0.3, 0.4) is 0 Å². The Labute approximate surface area is 75.2 Å². The first kappa shape index (κ1) is 7.80. The molecule has 2 saturated heterocycles. The molecule has 4 atom stereocenters. The van der Waals surface area contributed by atoms with E-state index in [1.165, 1.54) is 0 Å². The van der Waals surface area contributed by atoms with E-state index in [2.05, 4.69) is 12.6 Å². The molecule has 1 N–H and O–H groups in total. The largest absolute Gasteiger partial charge is 0.481 e. The fourth-order valence-corrected chi connectivity index (χ4v) is 4.39. The van der Waals surface area contributed by atoms with Crippen LogP contribution in [0.5, 0.6) is 0 Å². The predicted molar refractivity (Wildman–Crippen MR) is 48.3 cm³/mol. The molecule has 0 aromatic heterocycles. The lowest BCUT2D eigenvalue weighted by Crippen LogP contribution is -2.29. The summed E-state index contributed by atoms with van der Waals surface area (Å²) in [6.07, 6.45) is 1.81. The summed E-state index contributed by atoms with van der Waals surface area (Å²) in [4.78, 5) is 10.7. The minimum atomic E-state index is -0.620. The van der Waals surface area contributed by atoms with Crippen LogP contribution in [-0.4, -0.2) is 26.8 Å². The molecule has 0 amide bonds. The first-order valence-electron chi connectivity index (χ1n) is 3.75. The minimum Gasteiger partial charge on any atom is -0.481 e. The highest BCUT2D eigenvalue weighted by Gasteiger charge is 2.48. The van der Waals surface area contributed by atoms with Crippen molar-refractivity contribution >= 4 is 30.4 Å². The summed E-state index contributed by atoms with van der Waals surface area (Å²) < 4.78 is 0. The molecule has 4 unspecified atom stereocenters. The zero-order valence-electron chi connectivity index (χ0n) is 5.93. The zero-order chi connectivity index (χ0) is 8.01. The van der Waals surface area contributed by atoms with Gasteiger partial charge in [-0.15, -0.1) is 0 Å². The van der Waals surface area contributed by atoms with Crippen molar-refractivity contribution in [3.05, 3.63) is 0 Å². The van der Waals surface area contributed by atoms with Gasteiger partial charge in [0, 0.05) is 15.7 Å². The number of hydrogen-bond donors (Lipinski definition) is 2. The van der Waals surface area contributed by atoms with Crippen molar-refractivity contribution in [2.24, 2.45) is 5.92 Å². The number of carboxylic acids is 1. The maximum Gasteiger partial charge on any atom is 0.307 e. The quantitative estimate of drug-likeness (QED) is 0.611. The van der Waals surface area contributed by atoms with Gasteiger partial charge in [-0.25, -0.2) is 0 Å². The van der Waals surface area contributed by atoms with Gasteiger partial charge < -0.3 is 5.11 Å². The number of thioether (sulfide) groups is 1. The van der Waals surface area contributed by atoms with Gasteiger partial charge in [-0.3, -0.25) is 4.79 Å². The summed E-state index contributed by atoms with van der Waals surface area (Å²) in [5.41, 5.74) is 0. The molecule has 2 aliphatic rings. The average molecular weight is 190 g/mol. The first-order chi connectivity index (χ1) is 5.18. The number of rotatable bonds is 1. The lowest BCUT2D eigenvalue weighted by Gasteiger charge is -2.19. The van der Waals surface area contributed by atoms with Gasteiger partial charge in [-0.1, -0.05) is 0 Å². The van der Waals surface area contributed by atoms with Crippen molar-refractivity contribution in [3.8, 4) is 0 Å². The second-order valence-corrected chi connectivity index (χ2v) is 5.34. The molecule has 2 fully saturated rings. The Kier molecular flexibility index (Phi) is 1.84. The Morgan fingerprint density at radius 3 is 2.55 bits per heavy atom. The molecule has 0 saturated carbocycles. The maximum absolute atomic E-state index is 10.7. The van der Waals surface area contributed by atoms with Gasteiger partial charge in [0.25, 0.3) is 0 Å². The lowest BCUT2D eigenvalue weighted by molar-refractivity contribution is -0.142. The van der Waals surface area contributed by atoms with Crippen molar-refractivity contribution in [3.63, 3.8) is 0 Å². The molecular weight excluding hydrogens is 180 g/mol. The van der Waals surface area contributed by atoms with Crippen LogP contribution in [0.2, 0.25) is 0 Å². The molecule has 2 bridgehead atoms. The van der Waals surface area contributed by atoms with Crippen LogP contribution >= 0.6 is 24.4 Å². The van der Waals surface area contributed by atoms with Crippen molar-refractivity contribution in [2.45, 2.75) is 28.6 Å². The van der Waals surface area contributed by atoms with Gasteiger partial charge in [0.1, 0.15) is 0 Å². The van der Waals surface area contributed by atoms with E-state index in [1.54, 1.807) is 0 Å². The van der Waals surface area contributed by atoms with Crippen LogP contribution in [0.4, 0.5) is 0 Å². The van der Waals surface area contributed by atoms with Crippen LogP contribution < -0.4 is 0 Å². The predicted octanol–water partition coefficient (Wildman–Crippen LogP) is 1.26. The Balaban J connectivity index is 2.08. The molecule has 0 aliphatic carbocycles. The van der Waals surface area contributed by atoms with Crippen molar-refractivity contribution in [1.29, 1.82) is 0 Å². The average Bonchev–Trinajstić information content (AvgIpc) is 2.43. The van der Waals surface area contributed by atoms with E-state index in [4.69, 9.17) is 5.11 Å². The highest BCUT2D eigenvalue weighted by atomic mass is 32.2. The third-order valence-electron chi connectivity index (χ3n) is 2.50. The molecule has 2 nitrogen and oxygen atoms in total. The summed E-state index contributed by atoms with van der Waals surface area (Å²) >= 11 is 6.21. The standard InChI is InChI=1S/C7H10O2S2/c8-7(9)3-1-6-4(10)2-5(3)11-6/h3-6,10H,1-2H2,(H,8,9). The molecule has 0 radical (unpaired) electrons. The Hall–Kier alpha value is 0.170. The molecule has 0 aromatic rings. The van der Waals surface area contributed by atoms with Crippen LogP contribution in [-0.2, 0) is 4.79 Å². The number of hydrogen-bond acceptors (Lipinski definition) is 3. The molecule has 2 heterocycles. The van der Waals surface area contributed by atoms with E-state index >= 15 is 0 Å². The van der Waals surface area contributed by atoms with Crippen LogP contribution in [0.15, 0.2) is 0 Å². The number of carboxylic acid groups (broad SMARTS) is 1. The highest BCUT2D eigenvalue weighted by molar-refractivity contribution is 8.02. The van der Waals surface area contributed by atoms with Gasteiger partial charge >= 0.3 is 5.97 Å². The molecule has 0 spiro atoms. The number of aliphatic carboxylic acids is 1. The number of fused-ring (bicyclic) bond motifs is 2. The van der Waals surface area contributed by atoms with Crippen molar-refractivity contribution in [1.82, 2.24) is 0 Å². The SMILES string of the molecule is O=C(O)C1CC2SC1CC2S. The van der Waals surface area contributed by atoms with Crippen LogP contribution in [0, 0.1) is 5.92 Å². The summed E-state index contributed by atoms with van der Waals surface area (Å²) in [5, 5.41) is 10.1. The van der Waals surface area contributed by atoms with E-state index < -0.39 is 5.97 Å². The third kappa shape index (κ3) is 1.16. The maximum atomic E-state index is 10.7. The summed E-state index contributed by atoms with van der Waals surface area (Å²) in [5.74, 6) is -0.710. The smallest absolute Gasteiger partial charge is 0.307 e. The fraction of sp³-hybridized carbons (Fsp3) is 0.857. The molecule has 0 aromatic carbocycles. The minimum absolute atomic E-state index is 0.0894. The van der Waals surface area contributed by atoms with E-state index in [1.807, 2.05) is 11.8 Å².